The van der Waals surface area contributed by atoms with Gasteiger partial charge in [0.1, 0.15) is 5.82 Å². The predicted molar refractivity (Wildman–Crippen MR) is 49.3 cm³/mol. The van der Waals surface area contributed by atoms with Crippen molar-refractivity contribution in [2.45, 2.75) is 18.8 Å². The highest BCUT2D eigenvalue weighted by atomic mass is 19.1. The van der Waals surface area contributed by atoms with Gasteiger partial charge in [-0.25, -0.2) is 9.97 Å². The lowest BCUT2D eigenvalue weighted by atomic mass is 10.0. The van der Waals surface area contributed by atoms with E-state index in [1.807, 2.05) is 0 Å². The third-order valence-corrected chi connectivity index (χ3v) is 3.42. The van der Waals surface area contributed by atoms with Crippen LogP contribution in [0.15, 0.2) is 12.3 Å². The Balaban J connectivity index is 1.85. The molecule has 0 aromatic carbocycles. The van der Waals surface area contributed by atoms with E-state index in [0.29, 0.717) is 17.2 Å². The van der Waals surface area contributed by atoms with Crippen LogP contribution in [0.3, 0.4) is 0 Å². The second-order valence-electron chi connectivity index (χ2n) is 4.28. The zero-order chi connectivity index (χ0) is 9.60. The van der Waals surface area contributed by atoms with Crippen molar-refractivity contribution in [3.05, 3.63) is 24.0 Å². The van der Waals surface area contributed by atoms with E-state index in [1.54, 1.807) is 0 Å². The molecule has 74 valence electrons. The molecule has 1 spiro atoms. The first-order valence-corrected chi connectivity index (χ1v) is 4.99. The summed E-state index contributed by atoms with van der Waals surface area (Å²) >= 11 is 0. The minimum atomic E-state index is -0.414. The van der Waals surface area contributed by atoms with Crippen molar-refractivity contribution in [2.24, 2.45) is 5.41 Å². The third kappa shape index (κ3) is 1.14. The van der Waals surface area contributed by atoms with Crippen LogP contribution in [0.2, 0.25) is 0 Å². The highest BCUT2D eigenvalue weighted by Gasteiger charge is 2.57. The van der Waals surface area contributed by atoms with Crippen LogP contribution < -0.4 is 5.32 Å². The predicted octanol–water partition coefficient (Wildman–Crippen LogP) is 1.08. The molecular formula is C10H12FN3. The monoisotopic (exact) mass is 193 g/mol. The van der Waals surface area contributed by atoms with Gasteiger partial charge in [-0.15, -0.1) is 0 Å². The van der Waals surface area contributed by atoms with Crippen LogP contribution in [0.4, 0.5) is 4.39 Å². The Morgan fingerprint density at radius 1 is 1.57 bits per heavy atom. The van der Waals surface area contributed by atoms with Gasteiger partial charge in [-0.05, 0) is 24.8 Å². The van der Waals surface area contributed by atoms with Crippen LogP contribution in [0, 0.1) is 11.4 Å². The van der Waals surface area contributed by atoms with Crippen LogP contribution in [0.1, 0.15) is 24.6 Å². The Bertz CT molecular complexity index is 360. The van der Waals surface area contributed by atoms with Crippen LogP contribution in [-0.2, 0) is 0 Å². The van der Waals surface area contributed by atoms with Gasteiger partial charge in [0.15, 0.2) is 0 Å². The third-order valence-electron chi connectivity index (χ3n) is 3.42. The van der Waals surface area contributed by atoms with Crippen LogP contribution >= 0.6 is 0 Å². The maximum absolute atomic E-state index is 12.9. The minimum absolute atomic E-state index is 0.355. The van der Waals surface area contributed by atoms with Crippen molar-refractivity contribution in [2.75, 3.05) is 13.1 Å². The summed E-state index contributed by atoms with van der Waals surface area (Å²) < 4.78 is 12.9. The number of nitrogens with one attached hydrogen (secondary N) is 1. The zero-order valence-corrected chi connectivity index (χ0v) is 7.83. The SMILES string of the molecule is Fc1ccnc(C2CC23CCNC3)n1. The molecule has 2 atom stereocenters. The molecule has 2 aliphatic rings. The lowest BCUT2D eigenvalue weighted by Crippen LogP contribution is -2.11. The smallest absolute Gasteiger partial charge is 0.216 e. The lowest BCUT2D eigenvalue weighted by molar-refractivity contribution is 0.524. The molecule has 3 nitrogen and oxygen atoms in total. The normalized spacial score (nSPS) is 35.1. The van der Waals surface area contributed by atoms with Crippen LogP contribution in [0.25, 0.3) is 0 Å². The molecule has 0 bridgehead atoms. The van der Waals surface area contributed by atoms with Gasteiger partial charge in [0, 0.05) is 24.7 Å². The molecule has 1 aliphatic carbocycles. The number of hydrogen-bond donors (Lipinski definition) is 1. The van der Waals surface area contributed by atoms with Gasteiger partial charge in [-0.1, -0.05) is 0 Å². The second kappa shape index (κ2) is 2.73. The number of nitrogens with zero attached hydrogens (tertiary/aromatic N) is 2. The van der Waals surface area contributed by atoms with Gasteiger partial charge in [0.25, 0.3) is 0 Å². The summed E-state index contributed by atoms with van der Waals surface area (Å²) in [6.45, 7) is 2.11. The summed E-state index contributed by atoms with van der Waals surface area (Å²) in [4.78, 5) is 7.99. The Morgan fingerprint density at radius 3 is 3.21 bits per heavy atom. The van der Waals surface area contributed by atoms with E-state index < -0.39 is 5.95 Å². The first-order valence-electron chi connectivity index (χ1n) is 4.99. The Morgan fingerprint density at radius 2 is 2.50 bits per heavy atom. The molecule has 2 heterocycles. The molecule has 1 N–H and O–H groups in total. The first-order chi connectivity index (χ1) is 6.80. The quantitative estimate of drug-likeness (QED) is 0.678. The van der Waals surface area contributed by atoms with E-state index in [4.69, 9.17) is 0 Å². The summed E-state index contributed by atoms with van der Waals surface area (Å²) in [5.74, 6) is 0.657. The molecule has 1 saturated carbocycles. The topological polar surface area (TPSA) is 37.8 Å². The van der Waals surface area contributed by atoms with Gasteiger partial charge in [-0.2, -0.15) is 4.39 Å². The Labute approximate surface area is 81.8 Å². The summed E-state index contributed by atoms with van der Waals surface area (Å²) in [6.07, 6.45) is 3.80. The molecular weight excluding hydrogens is 181 g/mol. The number of hydrogen-bond acceptors (Lipinski definition) is 3. The molecule has 3 rings (SSSR count). The van der Waals surface area contributed by atoms with E-state index in [-0.39, 0.29) is 0 Å². The van der Waals surface area contributed by atoms with Crippen molar-refractivity contribution >= 4 is 0 Å². The van der Waals surface area contributed by atoms with Crippen molar-refractivity contribution < 1.29 is 4.39 Å². The molecule has 1 saturated heterocycles. The van der Waals surface area contributed by atoms with Gasteiger partial charge in [0.2, 0.25) is 5.95 Å². The molecule has 0 radical (unpaired) electrons. The molecule has 2 unspecified atom stereocenters. The standard InChI is InChI=1S/C10H12FN3/c11-8-1-3-13-9(14-8)7-5-10(7)2-4-12-6-10/h1,3,7,12H,2,4-6H2. The number of aromatic nitrogens is 2. The maximum atomic E-state index is 12.9. The van der Waals surface area contributed by atoms with E-state index in [2.05, 4.69) is 15.3 Å². The largest absolute Gasteiger partial charge is 0.316 e. The molecule has 2 fully saturated rings. The molecule has 1 aliphatic heterocycles. The van der Waals surface area contributed by atoms with Crippen LogP contribution in [-0.4, -0.2) is 23.1 Å². The van der Waals surface area contributed by atoms with Gasteiger partial charge in [0.05, 0.1) is 0 Å². The fourth-order valence-electron chi connectivity index (χ4n) is 2.47. The van der Waals surface area contributed by atoms with Crippen LogP contribution in [0.5, 0.6) is 0 Å². The number of rotatable bonds is 1. The first kappa shape index (κ1) is 8.29. The van der Waals surface area contributed by atoms with E-state index in [1.165, 1.54) is 18.7 Å². The summed E-state index contributed by atoms with van der Waals surface area (Å²) in [7, 11) is 0. The fraction of sp³-hybridized carbons (Fsp3) is 0.600. The Hall–Kier alpha value is -1.03. The summed E-state index contributed by atoms with van der Waals surface area (Å²) in [6, 6.07) is 1.30. The Kier molecular flexibility index (Phi) is 1.62. The molecule has 0 amide bonds. The van der Waals surface area contributed by atoms with E-state index in [9.17, 15) is 4.39 Å². The average Bonchev–Trinajstić information content (AvgIpc) is 2.65. The lowest BCUT2D eigenvalue weighted by Gasteiger charge is -2.05. The molecule has 4 heteroatoms. The molecule has 1 aromatic heterocycles. The van der Waals surface area contributed by atoms with Gasteiger partial charge < -0.3 is 5.32 Å². The van der Waals surface area contributed by atoms with Crippen molar-refractivity contribution in [3.63, 3.8) is 0 Å². The molecule has 14 heavy (non-hydrogen) atoms. The highest BCUT2D eigenvalue weighted by Crippen LogP contribution is 2.61. The van der Waals surface area contributed by atoms with Crippen molar-refractivity contribution in [1.29, 1.82) is 0 Å². The average molecular weight is 193 g/mol. The zero-order valence-electron chi connectivity index (χ0n) is 7.83. The van der Waals surface area contributed by atoms with Gasteiger partial charge in [-0.3, -0.25) is 0 Å². The maximum Gasteiger partial charge on any atom is 0.216 e. The highest BCUT2D eigenvalue weighted by molar-refractivity contribution is 5.20. The van der Waals surface area contributed by atoms with E-state index >= 15 is 0 Å². The minimum Gasteiger partial charge on any atom is -0.316 e. The second-order valence-corrected chi connectivity index (χ2v) is 4.28. The fourth-order valence-corrected chi connectivity index (χ4v) is 2.47. The number of halogens is 1. The summed E-state index contributed by atoms with van der Waals surface area (Å²) in [5.41, 5.74) is 0.355. The summed E-state index contributed by atoms with van der Waals surface area (Å²) in [5, 5.41) is 3.34. The van der Waals surface area contributed by atoms with Crippen molar-refractivity contribution in [3.8, 4) is 0 Å². The molecule has 1 aromatic rings. The van der Waals surface area contributed by atoms with E-state index in [0.717, 1.165) is 19.5 Å². The van der Waals surface area contributed by atoms with Crippen molar-refractivity contribution in [1.82, 2.24) is 15.3 Å². The van der Waals surface area contributed by atoms with Gasteiger partial charge >= 0.3 is 0 Å².